The molecule has 1 aromatic carbocycles. The van der Waals surface area contributed by atoms with Crippen LogP contribution in [0.25, 0.3) is 11.3 Å². The first-order valence-electron chi connectivity index (χ1n) is 6.57. The molecule has 0 saturated carbocycles. The van der Waals surface area contributed by atoms with Gasteiger partial charge >= 0.3 is 5.97 Å². The van der Waals surface area contributed by atoms with Gasteiger partial charge in [-0.05, 0) is 29.2 Å². The number of pyridine rings is 1. The van der Waals surface area contributed by atoms with Crippen molar-refractivity contribution in [1.82, 2.24) is 4.98 Å². The minimum absolute atomic E-state index is 0. The van der Waals surface area contributed by atoms with Crippen molar-refractivity contribution in [1.29, 1.82) is 0 Å². The lowest BCUT2D eigenvalue weighted by Gasteiger charge is -2.19. The third kappa shape index (κ3) is 4.05. The Bertz CT molecular complexity index is 633. The molecule has 0 radical (unpaired) electrons. The van der Waals surface area contributed by atoms with Crippen molar-refractivity contribution >= 4 is 18.4 Å². The summed E-state index contributed by atoms with van der Waals surface area (Å²) in [6.45, 7) is 6.51. The van der Waals surface area contributed by atoms with Crippen molar-refractivity contribution in [2.24, 2.45) is 0 Å². The van der Waals surface area contributed by atoms with Gasteiger partial charge in [0.25, 0.3) is 0 Å². The van der Waals surface area contributed by atoms with E-state index in [0.717, 1.165) is 11.3 Å². The average molecular weight is 306 g/mol. The van der Waals surface area contributed by atoms with Crippen LogP contribution in [0.1, 0.15) is 36.7 Å². The van der Waals surface area contributed by atoms with Gasteiger partial charge in [0.05, 0.1) is 18.4 Å². The summed E-state index contributed by atoms with van der Waals surface area (Å²) in [5.74, 6) is -0.347. The highest BCUT2D eigenvalue weighted by atomic mass is 35.5. The van der Waals surface area contributed by atoms with Crippen molar-refractivity contribution < 1.29 is 9.53 Å². The predicted octanol–water partition coefficient (Wildman–Crippen LogP) is 4.25. The van der Waals surface area contributed by atoms with Crippen LogP contribution in [-0.2, 0) is 10.2 Å². The number of hydrogen-bond acceptors (Lipinski definition) is 3. The number of esters is 1. The van der Waals surface area contributed by atoms with Gasteiger partial charge in [0, 0.05) is 11.8 Å². The molecule has 0 amide bonds. The van der Waals surface area contributed by atoms with E-state index in [0.29, 0.717) is 5.56 Å². The van der Waals surface area contributed by atoms with E-state index >= 15 is 0 Å². The lowest BCUT2D eigenvalue weighted by molar-refractivity contribution is 0.0600. The monoisotopic (exact) mass is 305 g/mol. The lowest BCUT2D eigenvalue weighted by atomic mass is 9.86. The fourth-order valence-corrected chi connectivity index (χ4v) is 1.98. The molecule has 112 valence electrons. The third-order valence-electron chi connectivity index (χ3n) is 3.21. The zero-order valence-corrected chi connectivity index (χ0v) is 13.5. The summed E-state index contributed by atoms with van der Waals surface area (Å²) < 4.78 is 4.74. The first-order chi connectivity index (χ1) is 9.41. The highest BCUT2D eigenvalue weighted by Crippen LogP contribution is 2.27. The Hall–Kier alpha value is -1.87. The zero-order valence-electron chi connectivity index (χ0n) is 12.7. The van der Waals surface area contributed by atoms with Crippen molar-refractivity contribution in [3.63, 3.8) is 0 Å². The van der Waals surface area contributed by atoms with Crippen molar-refractivity contribution in [3.05, 3.63) is 53.7 Å². The molecular formula is C17H20ClNO2. The minimum Gasteiger partial charge on any atom is -0.465 e. The van der Waals surface area contributed by atoms with Gasteiger partial charge in [0.2, 0.25) is 0 Å². The topological polar surface area (TPSA) is 39.2 Å². The molecule has 0 aliphatic rings. The smallest absolute Gasteiger partial charge is 0.337 e. The summed E-state index contributed by atoms with van der Waals surface area (Å²) in [5, 5.41) is 0. The first-order valence-corrected chi connectivity index (χ1v) is 6.57. The van der Waals surface area contributed by atoms with E-state index < -0.39 is 0 Å². The van der Waals surface area contributed by atoms with Crippen molar-refractivity contribution in [2.75, 3.05) is 7.11 Å². The molecule has 1 heterocycles. The number of carbonyl (C=O) groups is 1. The van der Waals surface area contributed by atoms with Crippen LogP contribution >= 0.6 is 12.4 Å². The van der Waals surface area contributed by atoms with Gasteiger partial charge in [-0.3, -0.25) is 4.98 Å². The van der Waals surface area contributed by atoms with Gasteiger partial charge in [-0.15, -0.1) is 12.4 Å². The van der Waals surface area contributed by atoms with Crippen LogP contribution in [0.5, 0.6) is 0 Å². The Morgan fingerprint density at radius 2 is 1.86 bits per heavy atom. The number of halogens is 1. The number of hydrogen-bond donors (Lipinski definition) is 0. The maximum Gasteiger partial charge on any atom is 0.337 e. The number of rotatable bonds is 2. The molecule has 1 aromatic heterocycles. The molecule has 0 fully saturated rings. The summed E-state index contributed by atoms with van der Waals surface area (Å²) in [6.07, 6.45) is 1.63. The summed E-state index contributed by atoms with van der Waals surface area (Å²) in [6, 6.07) is 11.6. The van der Waals surface area contributed by atoms with Gasteiger partial charge in [-0.25, -0.2) is 4.79 Å². The minimum atomic E-state index is -0.347. The van der Waals surface area contributed by atoms with Crippen molar-refractivity contribution in [2.45, 2.75) is 26.2 Å². The van der Waals surface area contributed by atoms with E-state index in [-0.39, 0.29) is 23.8 Å². The lowest BCUT2D eigenvalue weighted by Crippen LogP contribution is -2.10. The van der Waals surface area contributed by atoms with E-state index in [2.05, 4.69) is 37.9 Å². The van der Waals surface area contributed by atoms with Gasteiger partial charge in [0.1, 0.15) is 0 Å². The van der Waals surface area contributed by atoms with E-state index in [4.69, 9.17) is 4.74 Å². The van der Waals surface area contributed by atoms with Crippen LogP contribution < -0.4 is 0 Å². The van der Waals surface area contributed by atoms with Crippen LogP contribution in [-0.4, -0.2) is 18.1 Å². The third-order valence-corrected chi connectivity index (χ3v) is 3.21. The molecule has 0 atom stereocenters. The van der Waals surface area contributed by atoms with Gasteiger partial charge in [0.15, 0.2) is 0 Å². The maximum atomic E-state index is 11.6. The van der Waals surface area contributed by atoms with Crippen LogP contribution in [0.15, 0.2) is 42.6 Å². The molecular weight excluding hydrogens is 286 g/mol. The Morgan fingerprint density at radius 3 is 2.48 bits per heavy atom. The largest absolute Gasteiger partial charge is 0.465 e. The highest BCUT2D eigenvalue weighted by Gasteiger charge is 2.15. The van der Waals surface area contributed by atoms with Crippen LogP contribution in [0.3, 0.4) is 0 Å². The summed E-state index contributed by atoms with van der Waals surface area (Å²) >= 11 is 0. The normalized spacial score (nSPS) is 10.7. The molecule has 0 aliphatic carbocycles. The fraction of sp³-hybridized carbons (Fsp3) is 0.294. The molecule has 3 nitrogen and oxygen atoms in total. The maximum absolute atomic E-state index is 11.6. The fourth-order valence-electron chi connectivity index (χ4n) is 1.98. The Kier molecular flexibility index (Phi) is 5.50. The predicted molar refractivity (Wildman–Crippen MR) is 87.0 cm³/mol. The summed E-state index contributed by atoms with van der Waals surface area (Å²) in [4.78, 5) is 15.9. The number of ether oxygens (including phenoxy) is 1. The molecule has 0 spiro atoms. The first kappa shape index (κ1) is 17.2. The van der Waals surface area contributed by atoms with Crippen LogP contribution in [0, 0.1) is 0 Å². The van der Waals surface area contributed by atoms with Gasteiger partial charge in [-0.1, -0.05) is 39.0 Å². The molecule has 0 saturated heterocycles. The number of nitrogens with zero attached hydrogens (tertiary/aromatic N) is 1. The Labute approximate surface area is 131 Å². The highest BCUT2D eigenvalue weighted by molar-refractivity contribution is 5.90. The van der Waals surface area contributed by atoms with E-state index in [1.807, 2.05) is 12.1 Å². The Morgan fingerprint density at radius 1 is 1.14 bits per heavy atom. The average Bonchev–Trinajstić information content (AvgIpc) is 2.46. The molecule has 21 heavy (non-hydrogen) atoms. The van der Waals surface area contributed by atoms with Crippen LogP contribution in [0.4, 0.5) is 0 Å². The van der Waals surface area contributed by atoms with E-state index in [1.54, 1.807) is 18.3 Å². The molecule has 0 bridgehead atoms. The summed E-state index contributed by atoms with van der Waals surface area (Å²) in [5.41, 5.74) is 3.61. The van der Waals surface area contributed by atoms with Gasteiger partial charge in [-0.2, -0.15) is 0 Å². The molecule has 2 rings (SSSR count). The second-order valence-corrected chi connectivity index (χ2v) is 5.75. The molecule has 0 unspecified atom stereocenters. The van der Waals surface area contributed by atoms with Crippen LogP contribution in [0.2, 0.25) is 0 Å². The number of aromatic nitrogens is 1. The standard InChI is InChI=1S/C17H19NO2.ClH/c1-17(2,3)14-7-5-6-12(10-14)15-11-13(8-9-18-15)16(19)20-4;/h5-11H,1-4H3;1H. The second kappa shape index (κ2) is 6.72. The molecule has 4 heteroatoms. The molecule has 0 aliphatic heterocycles. The SMILES string of the molecule is COC(=O)c1ccnc(-c2cccc(C(C)(C)C)c2)c1.Cl. The Balaban J connectivity index is 0.00000220. The number of carbonyl (C=O) groups excluding carboxylic acids is 1. The number of benzene rings is 1. The summed E-state index contributed by atoms with van der Waals surface area (Å²) in [7, 11) is 1.38. The van der Waals surface area contributed by atoms with E-state index in [9.17, 15) is 4.79 Å². The van der Waals surface area contributed by atoms with Crippen molar-refractivity contribution in [3.8, 4) is 11.3 Å². The van der Waals surface area contributed by atoms with Gasteiger partial charge < -0.3 is 4.74 Å². The zero-order chi connectivity index (χ0) is 14.8. The second-order valence-electron chi connectivity index (χ2n) is 5.75. The molecule has 0 N–H and O–H groups in total. The quantitative estimate of drug-likeness (QED) is 0.778. The molecule has 2 aromatic rings. The van der Waals surface area contributed by atoms with E-state index in [1.165, 1.54) is 12.7 Å². The number of methoxy groups -OCH3 is 1.